The maximum absolute atomic E-state index is 5.46. The molecule has 106 valence electrons. The third kappa shape index (κ3) is 3.74. The zero-order valence-electron chi connectivity index (χ0n) is 11.5. The predicted molar refractivity (Wildman–Crippen MR) is 95.4 cm³/mol. The summed E-state index contributed by atoms with van der Waals surface area (Å²) in [5.74, 6) is 0.930. The van der Waals surface area contributed by atoms with Crippen LogP contribution in [0.3, 0.4) is 0 Å². The third-order valence-electron chi connectivity index (χ3n) is 3.30. The van der Waals surface area contributed by atoms with Crippen LogP contribution in [0.5, 0.6) is 5.75 Å². The molecular weight excluding hydrogens is 429 g/mol. The van der Waals surface area contributed by atoms with Crippen LogP contribution >= 0.6 is 38.5 Å². The fourth-order valence-corrected chi connectivity index (χ4v) is 3.42. The van der Waals surface area contributed by atoms with Gasteiger partial charge in [-0.25, -0.2) is 0 Å². The van der Waals surface area contributed by atoms with Gasteiger partial charge < -0.3 is 10.1 Å². The maximum atomic E-state index is 5.46. The average Bonchev–Trinajstić information content (AvgIpc) is 2.46. The van der Waals surface area contributed by atoms with E-state index in [4.69, 9.17) is 4.74 Å². The van der Waals surface area contributed by atoms with Crippen LogP contribution in [-0.4, -0.2) is 14.2 Å². The molecule has 0 aliphatic heterocycles. The van der Waals surface area contributed by atoms with Gasteiger partial charge in [0.15, 0.2) is 0 Å². The van der Waals surface area contributed by atoms with Crippen molar-refractivity contribution in [3.05, 3.63) is 61.6 Å². The Labute approximate surface area is 142 Å². The summed E-state index contributed by atoms with van der Waals surface area (Å²) in [6.45, 7) is 0. The number of benzene rings is 2. The van der Waals surface area contributed by atoms with Crippen LogP contribution in [0.15, 0.2) is 46.9 Å². The van der Waals surface area contributed by atoms with Crippen molar-refractivity contribution in [3.8, 4) is 5.75 Å². The summed E-state index contributed by atoms with van der Waals surface area (Å²) >= 11 is 5.92. The van der Waals surface area contributed by atoms with Gasteiger partial charge in [0.25, 0.3) is 0 Å². The second-order valence-corrected chi connectivity index (χ2v) is 6.60. The van der Waals surface area contributed by atoms with E-state index >= 15 is 0 Å². The standard InChI is InChI=1S/C16H17BrINO/c1-19-15(13-5-3-4-6-14(13)18)10-11-9-12(17)7-8-16(11)20-2/h3-9,15,19H,10H2,1-2H3. The fraction of sp³-hybridized carbons (Fsp3) is 0.250. The van der Waals surface area contributed by atoms with Crippen molar-refractivity contribution >= 4 is 38.5 Å². The molecule has 0 bridgehead atoms. The lowest BCUT2D eigenvalue weighted by atomic mass is 9.98. The number of halogens is 2. The number of likely N-dealkylation sites (N-methyl/N-ethyl adjacent to an activating group) is 1. The lowest BCUT2D eigenvalue weighted by Crippen LogP contribution is -2.20. The Morgan fingerprint density at radius 1 is 1.25 bits per heavy atom. The largest absolute Gasteiger partial charge is 0.496 e. The first-order valence-electron chi connectivity index (χ1n) is 6.39. The molecule has 1 N–H and O–H groups in total. The Morgan fingerprint density at radius 2 is 2.00 bits per heavy atom. The SMILES string of the molecule is CNC(Cc1cc(Br)ccc1OC)c1ccccc1I. The number of hydrogen-bond donors (Lipinski definition) is 1. The third-order valence-corrected chi connectivity index (χ3v) is 4.77. The van der Waals surface area contributed by atoms with E-state index < -0.39 is 0 Å². The molecule has 4 heteroatoms. The van der Waals surface area contributed by atoms with E-state index in [2.05, 4.69) is 74.2 Å². The van der Waals surface area contributed by atoms with Crippen molar-refractivity contribution in [2.45, 2.75) is 12.5 Å². The molecule has 0 heterocycles. The van der Waals surface area contributed by atoms with E-state index in [-0.39, 0.29) is 6.04 Å². The Morgan fingerprint density at radius 3 is 2.65 bits per heavy atom. The maximum Gasteiger partial charge on any atom is 0.122 e. The first-order chi connectivity index (χ1) is 9.65. The lowest BCUT2D eigenvalue weighted by molar-refractivity contribution is 0.406. The molecule has 2 aromatic carbocycles. The molecule has 20 heavy (non-hydrogen) atoms. The molecule has 2 rings (SSSR count). The molecule has 0 saturated heterocycles. The van der Waals surface area contributed by atoms with Crippen molar-refractivity contribution < 1.29 is 4.74 Å². The number of nitrogens with one attached hydrogen (secondary N) is 1. The van der Waals surface area contributed by atoms with Gasteiger partial charge in [0.1, 0.15) is 5.75 Å². The van der Waals surface area contributed by atoms with Crippen LogP contribution in [0.1, 0.15) is 17.2 Å². The molecule has 0 fully saturated rings. The molecule has 2 aromatic rings. The van der Waals surface area contributed by atoms with Crippen molar-refractivity contribution in [3.63, 3.8) is 0 Å². The average molecular weight is 446 g/mol. The highest BCUT2D eigenvalue weighted by Gasteiger charge is 2.15. The van der Waals surface area contributed by atoms with Gasteiger partial charge in [-0.1, -0.05) is 34.1 Å². The summed E-state index contributed by atoms with van der Waals surface area (Å²) < 4.78 is 7.81. The number of methoxy groups -OCH3 is 1. The van der Waals surface area contributed by atoms with E-state index in [1.54, 1.807) is 7.11 Å². The highest BCUT2D eigenvalue weighted by Crippen LogP contribution is 2.29. The molecule has 0 amide bonds. The molecule has 0 aromatic heterocycles. The first-order valence-corrected chi connectivity index (χ1v) is 8.27. The number of hydrogen-bond acceptors (Lipinski definition) is 2. The van der Waals surface area contributed by atoms with Gasteiger partial charge in [-0.2, -0.15) is 0 Å². The van der Waals surface area contributed by atoms with Crippen LogP contribution in [0, 0.1) is 3.57 Å². The van der Waals surface area contributed by atoms with Gasteiger partial charge in [-0.3, -0.25) is 0 Å². The minimum absolute atomic E-state index is 0.270. The molecule has 0 aliphatic rings. The summed E-state index contributed by atoms with van der Waals surface area (Å²) in [5.41, 5.74) is 2.51. The van der Waals surface area contributed by atoms with E-state index in [9.17, 15) is 0 Å². The Kier molecular flexibility index (Phi) is 5.86. The van der Waals surface area contributed by atoms with Crippen molar-refractivity contribution in [1.29, 1.82) is 0 Å². The minimum atomic E-state index is 0.270. The second-order valence-electron chi connectivity index (χ2n) is 4.52. The summed E-state index contributed by atoms with van der Waals surface area (Å²) in [5, 5.41) is 3.40. The molecular formula is C16H17BrINO. The van der Waals surface area contributed by atoms with Crippen LogP contribution < -0.4 is 10.1 Å². The molecule has 0 saturated carbocycles. The Hall–Kier alpha value is -0.590. The minimum Gasteiger partial charge on any atom is -0.496 e. The molecule has 1 unspecified atom stereocenters. The van der Waals surface area contributed by atoms with Gasteiger partial charge >= 0.3 is 0 Å². The Balaban J connectivity index is 2.31. The smallest absolute Gasteiger partial charge is 0.122 e. The zero-order valence-corrected chi connectivity index (χ0v) is 15.2. The van der Waals surface area contributed by atoms with Gasteiger partial charge in [0.2, 0.25) is 0 Å². The van der Waals surface area contributed by atoms with Gasteiger partial charge in [-0.05, 0) is 71.5 Å². The highest BCUT2D eigenvalue weighted by molar-refractivity contribution is 14.1. The molecule has 1 atom stereocenters. The van der Waals surface area contributed by atoms with Crippen molar-refractivity contribution in [2.24, 2.45) is 0 Å². The van der Waals surface area contributed by atoms with Crippen LogP contribution in [0.2, 0.25) is 0 Å². The lowest BCUT2D eigenvalue weighted by Gasteiger charge is -2.20. The van der Waals surface area contributed by atoms with E-state index in [0.717, 1.165) is 16.6 Å². The highest BCUT2D eigenvalue weighted by atomic mass is 127. The monoisotopic (exact) mass is 445 g/mol. The van der Waals surface area contributed by atoms with Crippen LogP contribution in [0.25, 0.3) is 0 Å². The van der Waals surface area contributed by atoms with E-state index in [1.807, 2.05) is 19.2 Å². The fourth-order valence-electron chi connectivity index (χ4n) is 2.25. The van der Waals surface area contributed by atoms with E-state index in [1.165, 1.54) is 14.7 Å². The molecule has 0 aliphatic carbocycles. The van der Waals surface area contributed by atoms with Crippen molar-refractivity contribution in [2.75, 3.05) is 14.2 Å². The predicted octanol–water partition coefficient (Wildman–Crippen LogP) is 4.57. The number of rotatable bonds is 5. The number of ether oxygens (including phenoxy) is 1. The zero-order chi connectivity index (χ0) is 14.5. The van der Waals surface area contributed by atoms with Gasteiger partial charge in [0, 0.05) is 14.1 Å². The summed E-state index contributed by atoms with van der Waals surface area (Å²) in [6.07, 6.45) is 0.888. The second kappa shape index (κ2) is 7.43. The summed E-state index contributed by atoms with van der Waals surface area (Å²) in [4.78, 5) is 0. The van der Waals surface area contributed by atoms with E-state index in [0.29, 0.717) is 0 Å². The van der Waals surface area contributed by atoms with Crippen LogP contribution in [0.4, 0.5) is 0 Å². The van der Waals surface area contributed by atoms with Crippen molar-refractivity contribution in [1.82, 2.24) is 5.32 Å². The first kappa shape index (κ1) is 15.8. The molecule has 0 radical (unpaired) electrons. The topological polar surface area (TPSA) is 21.3 Å². The molecule has 2 nitrogen and oxygen atoms in total. The van der Waals surface area contributed by atoms with Crippen LogP contribution in [-0.2, 0) is 6.42 Å². The Bertz CT molecular complexity index is 588. The summed E-state index contributed by atoms with van der Waals surface area (Å²) in [7, 11) is 3.71. The van der Waals surface area contributed by atoms with Gasteiger partial charge in [-0.15, -0.1) is 0 Å². The van der Waals surface area contributed by atoms with Gasteiger partial charge in [0.05, 0.1) is 7.11 Å². The molecule has 0 spiro atoms. The summed E-state index contributed by atoms with van der Waals surface area (Å²) in [6, 6.07) is 14.9. The quantitative estimate of drug-likeness (QED) is 0.681. The normalized spacial score (nSPS) is 12.2.